The van der Waals surface area contributed by atoms with Gasteiger partial charge in [-0.3, -0.25) is 0 Å². The largest absolute Gasteiger partial charge is 0.368 e. The summed E-state index contributed by atoms with van der Waals surface area (Å²) in [6.07, 6.45) is 4.01. The van der Waals surface area contributed by atoms with Crippen molar-refractivity contribution in [3.8, 4) is 0 Å². The summed E-state index contributed by atoms with van der Waals surface area (Å²) >= 11 is 0. The minimum Gasteiger partial charge on any atom is -0.368 e. The number of benzene rings is 2. The Morgan fingerprint density at radius 1 is 1.12 bits per heavy atom. The normalized spacial score (nSPS) is 28.1. The topological polar surface area (TPSA) is 41.5 Å². The molecule has 0 unspecified atom stereocenters. The smallest absolute Gasteiger partial charge is 0.159 e. The number of nitrogens with one attached hydrogen (secondary N) is 1. The third-order valence-electron chi connectivity index (χ3n) is 6.14. The Hall–Kier alpha value is -1.68. The van der Waals surface area contributed by atoms with Crippen molar-refractivity contribution in [3.05, 3.63) is 70.3 Å². The Bertz CT molecular complexity index is 778. The van der Waals surface area contributed by atoms with Crippen LogP contribution in [-0.2, 0) is 23.3 Å². The molecule has 3 heteroatoms. The molecule has 0 saturated heterocycles. The van der Waals surface area contributed by atoms with Gasteiger partial charge in [0, 0.05) is 19.0 Å². The van der Waals surface area contributed by atoms with Gasteiger partial charge in [-0.05, 0) is 61.8 Å². The Morgan fingerprint density at radius 2 is 1.88 bits per heavy atom. The summed E-state index contributed by atoms with van der Waals surface area (Å²) in [5.41, 5.74) is 6.29. The molecule has 0 amide bonds. The second kappa shape index (κ2) is 7.15. The first-order valence-electron chi connectivity index (χ1n) is 9.79. The number of hydrogen-bond donors (Lipinski definition) is 2. The fourth-order valence-corrected chi connectivity index (χ4v) is 4.67. The summed E-state index contributed by atoms with van der Waals surface area (Å²) in [4.78, 5) is 0. The van der Waals surface area contributed by atoms with Gasteiger partial charge in [0.15, 0.2) is 6.29 Å². The summed E-state index contributed by atoms with van der Waals surface area (Å²) in [5.74, 6) is 0. The van der Waals surface area contributed by atoms with Crippen LogP contribution in [0.3, 0.4) is 0 Å². The molecule has 0 radical (unpaired) electrons. The molecule has 26 heavy (non-hydrogen) atoms. The molecule has 2 aromatic rings. The zero-order valence-corrected chi connectivity index (χ0v) is 15.8. The van der Waals surface area contributed by atoms with Gasteiger partial charge in [-0.2, -0.15) is 0 Å². The van der Waals surface area contributed by atoms with E-state index in [1.807, 2.05) is 0 Å². The Balaban J connectivity index is 1.41. The van der Waals surface area contributed by atoms with E-state index in [1.54, 1.807) is 0 Å². The molecule has 1 aliphatic heterocycles. The van der Waals surface area contributed by atoms with Gasteiger partial charge in [0.05, 0.1) is 5.60 Å². The first-order valence-corrected chi connectivity index (χ1v) is 9.79. The van der Waals surface area contributed by atoms with E-state index >= 15 is 0 Å². The molecule has 138 valence electrons. The van der Waals surface area contributed by atoms with Crippen molar-refractivity contribution in [1.82, 2.24) is 5.32 Å². The van der Waals surface area contributed by atoms with Gasteiger partial charge in [0.1, 0.15) is 0 Å². The van der Waals surface area contributed by atoms with Gasteiger partial charge in [-0.25, -0.2) is 0 Å². The van der Waals surface area contributed by atoms with Gasteiger partial charge < -0.3 is 15.2 Å². The number of rotatable bonds is 3. The van der Waals surface area contributed by atoms with E-state index < -0.39 is 6.29 Å². The van der Waals surface area contributed by atoms with Gasteiger partial charge >= 0.3 is 0 Å². The van der Waals surface area contributed by atoms with Crippen molar-refractivity contribution >= 4 is 0 Å². The van der Waals surface area contributed by atoms with Crippen LogP contribution in [0.1, 0.15) is 53.5 Å². The lowest BCUT2D eigenvalue weighted by molar-refractivity contribution is -0.212. The number of aliphatic hydroxyl groups excluding tert-OH is 1. The number of aliphatic hydroxyl groups is 1. The SMILES string of the molecule is Cc1ccc(CNC2CCC3(CC2)O[C@@H](O)Cc2ccccc23)c(C)c1. The number of ether oxygens (including phenoxy) is 1. The molecule has 1 atom stereocenters. The van der Waals surface area contributed by atoms with Crippen LogP contribution in [0.15, 0.2) is 42.5 Å². The first kappa shape index (κ1) is 17.7. The van der Waals surface area contributed by atoms with Crippen LogP contribution >= 0.6 is 0 Å². The lowest BCUT2D eigenvalue weighted by Crippen LogP contribution is -2.46. The quantitative estimate of drug-likeness (QED) is 0.874. The van der Waals surface area contributed by atoms with Gasteiger partial charge in [0.2, 0.25) is 0 Å². The second-order valence-electron chi connectivity index (χ2n) is 8.01. The number of fused-ring (bicyclic) bond motifs is 2. The number of hydrogen-bond acceptors (Lipinski definition) is 3. The first-order chi connectivity index (χ1) is 12.6. The average Bonchev–Trinajstić information content (AvgIpc) is 2.62. The number of aryl methyl sites for hydroxylation is 2. The fraction of sp³-hybridized carbons (Fsp3) is 0.478. The van der Waals surface area contributed by atoms with Gasteiger partial charge in [0.25, 0.3) is 0 Å². The van der Waals surface area contributed by atoms with Gasteiger partial charge in [-0.15, -0.1) is 0 Å². The highest BCUT2D eigenvalue weighted by atomic mass is 16.6. The van der Waals surface area contributed by atoms with Crippen LogP contribution in [0.25, 0.3) is 0 Å². The minimum atomic E-state index is -0.676. The highest BCUT2D eigenvalue weighted by molar-refractivity contribution is 5.35. The average molecular weight is 351 g/mol. The van der Waals surface area contributed by atoms with E-state index in [9.17, 15) is 5.11 Å². The molecule has 1 fully saturated rings. The maximum absolute atomic E-state index is 10.2. The van der Waals surface area contributed by atoms with Crippen LogP contribution in [0, 0.1) is 13.8 Å². The van der Waals surface area contributed by atoms with Gasteiger partial charge in [-0.1, -0.05) is 48.0 Å². The van der Waals surface area contributed by atoms with Crippen LogP contribution in [0.4, 0.5) is 0 Å². The molecule has 1 heterocycles. The zero-order chi connectivity index (χ0) is 18.1. The molecular weight excluding hydrogens is 322 g/mol. The molecule has 1 aliphatic carbocycles. The molecule has 4 rings (SSSR count). The summed E-state index contributed by atoms with van der Waals surface area (Å²) < 4.78 is 6.11. The Labute approximate surface area is 156 Å². The van der Waals surface area contributed by atoms with E-state index in [2.05, 4.69) is 61.6 Å². The van der Waals surface area contributed by atoms with Crippen molar-refractivity contribution < 1.29 is 9.84 Å². The molecule has 2 aliphatic rings. The highest BCUT2D eigenvalue weighted by Crippen LogP contribution is 2.45. The predicted molar refractivity (Wildman–Crippen MR) is 104 cm³/mol. The molecule has 1 spiro atoms. The molecule has 2 N–H and O–H groups in total. The Kier molecular flexibility index (Phi) is 4.87. The predicted octanol–water partition coefficient (Wildman–Crippen LogP) is 4.12. The van der Waals surface area contributed by atoms with Crippen molar-refractivity contribution in [2.45, 2.75) is 70.4 Å². The van der Waals surface area contributed by atoms with Crippen molar-refractivity contribution in [2.75, 3.05) is 0 Å². The van der Waals surface area contributed by atoms with Crippen LogP contribution in [0.5, 0.6) is 0 Å². The van der Waals surface area contributed by atoms with Crippen molar-refractivity contribution in [1.29, 1.82) is 0 Å². The molecule has 1 saturated carbocycles. The third kappa shape index (κ3) is 3.44. The summed E-state index contributed by atoms with van der Waals surface area (Å²) in [6, 6.07) is 15.6. The zero-order valence-electron chi connectivity index (χ0n) is 15.8. The molecule has 3 nitrogen and oxygen atoms in total. The van der Waals surface area contributed by atoms with E-state index in [4.69, 9.17) is 4.74 Å². The molecule has 0 aromatic heterocycles. The molecule has 2 aromatic carbocycles. The summed E-state index contributed by atoms with van der Waals surface area (Å²) in [7, 11) is 0. The summed E-state index contributed by atoms with van der Waals surface area (Å²) in [5, 5.41) is 13.9. The van der Waals surface area contributed by atoms with Crippen LogP contribution in [0.2, 0.25) is 0 Å². The van der Waals surface area contributed by atoms with Crippen LogP contribution in [-0.4, -0.2) is 17.4 Å². The third-order valence-corrected chi connectivity index (χ3v) is 6.14. The molecular formula is C23H29NO2. The minimum absolute atomic E-state index is 0.299. The standard InChI is InChI=1S/C23H29NO2/c1-16-7-8-19(17(2)13-16)15-24-20-9-11-23(12-10-20)21-6-4-3-5-18(21)14-22(25)26-23/h3-8,13,20,22,24-25H,9-12,14-15H2,1-2H3/t20?,22-,23?/m1/s1. The molecule has 0 bridgehead atoms. The van der Waals surface area contributed by atoms with E-state index in [0.717, 1.165) is 32.2 Å². The maximum atomic E-state index is 10.2. The monoisotopic (exact) mass is 351 g/mol. The maximum Gasteiger partial charge on any atom is 0.159 e. The fourth-order valence-electron chi connectivity index (χ4n) is 4.67. The second-order valence-corrected chi connectivity index (χ2v) is 8.01. The lowest BCUT2D eigenvalue weighted by Gasteiger charge is -2.45. The van der Waals surface area contributed by atoms with Crippen LogP contribution < -0.4 is 5.32 Å². The van der Waals surface area contributed by atoms with E-state index in [0.29, 0.717) is 12.5 Å². The Morgan fingerprint density at radius 3 is 2.65 bits per heavy atom. The van der Waals surface area contributed by atoms with Crippen molar-refractivity contribution in [2.24, 2.45) is 0 Å². The van der Waals surface area contributed by atoms with Crippen molar-refractivity contribution in [3.63, 3.8) is 0 Å². The highest BCUT2D eigenvalue weighted by Gasteiger charge is 2.43. The summed E-state index contributed by atoms with van der Waals surface area (Å²) in [6.45, 7) is 5.25. The van der Waals surface area contributed by atoms with E-state index in [1.165, 1.54) is 27.8 Å². The van der Waals surface area contributed by atoms with E-state index in [-0.39, 0.29) is 5.60 Å². The lowest BCUT2D eigenvalue weighted by atomic mass is 9.74.